The Morgan fingerprint density at radius 1 is 1.30 bits per heavy atom. The molecule has 2 heterocycles. The monoisotopic (exact) mass is 436 g/mol. The average molecular weight is 436 g/mol. The fraction of sp³-hybridized carbons (Fsp3) is 0.316. The summed E-state index contributed by atoms with van der Waals surface area (Å²) in [6.07, 6.45) is 0.328. The summed E-state index contributed by atoms with van der Waals surface area (Å²) < 4.78 is 45.6. The van der Waals surface area contributed by atoms with Crippen LogP contribution in [0, 0.1) is 0 Å². The molecule has 11 heteroatoms. The van der Waals surface area contributed by atoms with Crippen molar-refractivity contribution < 1.29 is 27.1 Å². The number of alkyl halides is 1. The lowest BCUT2D eigenvalue weighted by Gasteiger charge is -2.13. The van der Waals surface area contributed by atoms with Crippen molar-refractivity contribution in [1.82, 2.24) is 19.9 Å². The molecule has 1 aromatic carbocycles. The first-order valence-corrected chi connectivity index (χ1v) is 10.6. The highest BCUT2D eigenvalue weighted by Crippen LogP contribution is 2.18. The van der Waals surface area contributed by atoms with Crippen LogP contribution in [0.15, 0.2) is 47.5 Å². The van der Waals surface area contributed by atoms with Crippen LogP contribution in [-0.2, 0) is 27.9 Å². The van der Waals surface area contributed by atoms with E-state index in [1.807, 2.05) is 0 Å². The summed E-state index contributed by atoms with van der Waals surface area (Å²) in [5.41, 5.74) is 1.18. The summed E-state index contributed by atoms with van der Waals surface area (Å²) >= 11 is 0. The number of imide groups is 1. The Morgan fingerprint density at radius 3 is 2.73 bits per heavy atom. The number of hydrogen-bond donors (Lipinski definition) is 2. The van der Waals surface area contributed by atoms with E-state index < -0.39 is 22.2 Å². The van der Waals surface area contributed by atoms with Gasteiger partial charge in [-0.15, -0.1) is 0 Å². The molecular formula is C19H21FN4O5S. The number of halogens is 1. The summed E-state index contributed by atoms with van der Waals surface area (Å²) in [4.78, 5) is 28.3. The lowest BCUT2D eigenvalue weighted by molar-refractivity contribution is -0.118. The molecule has 2 N–H and O–H groups in total. The van der Waals surface area contributed by atoms with Gasteiger partial charge in [-0.05, 0) is 30.7 Å². The zero-order valence-electron chi connectivity index (χ0n) is 16.2. The van der Waals surface area contributed by atoms with E-state index in [0.717, 1.165) is 0 Å². The van der Waals surface area contributed by atoms with Crippen LogP contribution >= 0.6 is 0 Å². The molecule has 0 spiro atoms. The van der Waals surface area contributed by atoms with Crippen LogP contribution in [0.2, 0.25) is 0 Å². The fourth-order valence-electron chi connectivity index (χ4n) is 2.66. The van der Waals surface area contributed by atoms with Gasteiger partial charge in [-0.1, -0.05) is 12.1 Å². The molecule has 0 bridgehead atoms. The van der Waals surface area contributed by atoms with E-state index in [9.17, 15) is 22.4 Å². The number of pyridine rings is 1. The number of amides is 3. The molecule has 1 saturated heterocycles. The first-order chi connectivity index (χ1) is 14.2. The molecule has 1 aliphatic rings. The van der Waals surface area contributed by atoms with Crippen molar-refractivity contribution in [1.29, 1.82) is 0 Å². The molecule has 1 fully saturated rings. The molecular weight excluding hydrogens is 415 g/mol. The second kappa shape index (κ2) is 9.18. The van der Waals surface area contributed by atoms with Gasteiger partial charge >= 0.3 is 6.03 Å². The van der Waals surface area contributed by atoms with Crippen LogP contribution in [0.25, 0.3) is 0 Å². The highest BCUT2D eigenvalue weighted by Gasteiger charge is 2.26. The van der Waals surface area contributed by atoms with Gasteiger partial charge in [-0.2, -0.15) is 0 Å². The molecule has 9 nitrogen and oxygen atoms in total. The normalized spacial score (nSPS) is 15.2. The highest BCUT2D eigenvalue weighted by atomic mass is 32.2. The van der Waals surface area contributed by atoms with E-state index in [4.69, 9.17) is 4.74 Å². The Balaban J connectivity index is 1.58. The van der Waals surface area contributed by atoms with Crippen LogP contribution in [0.4, 0.5) is 9.18 Å². The molecule has 1 atom stereocenters. The zero-order valence-corrected chi connectivity index (χ0v) is 17.0. The SMILES string of the molecule is CC(F)COc1cccc(S(=O)(=O)NCc2ccc(CN3CC(=O)NC3=O)nc2)c1. The molecule has 1 aromatic heterocycles. The maximum absolute atomic E-state index is 12.9. The zero-order chi connectivity index (χ0) is 21.7. The number of benzene rings is 1. The topological polar surface area (TPSA) is 118 Å². The van der Waals surface area contributed by atoms with Crippen LogP contribution in [0.3, 0.4) is 0 Å². The third-order valence-electron chi connectivity index (χ3n) is 4.17. The number of sulfonamides is 1. The van der Waals surface area contributed by atoms with Gasteiger partial charge in [-0.25, -0.2) is 22.3 Å². The minimum Gasteiger partial charge on any atom is -0.491 e. The minimum absolute atomic E-state index is 0.000744. The van der Waals surface area contributed by atoms with Gasteiger partial charge in [-0.3, -0.25) is 15.1 Å². The number of carbonyl (C=O) groups is 2. The fourth-order valence-corrected chi connectivity index (χ4v) is 3.72. The molecule has 0 aliphatic carbocycles. The van der Waals surface area contributed by atoms with Crippen LogP contribution in [0.1, 0.15) is 18.2 Å². The number of urea groups is 1. The summed E-state index contributed by atoms with van der Waals surface area (Å²) in [5.74, 6) is -0.0995. The standard InChI is InChI=1S/C19H21FN4O5S/c1-13(20)12-29-16-3-2-4-17(7-16)30(27,28)22-9-14-5-6-15(21-8-14)10-24-11-18(25)23-19(24)26/h2-8,13,22H,9-12H2,1H3,(H,23,25,26). The number of nitrogens with zero attached hydrogens (tertiary/aromatic N) is 2. The van der Waals surface area contributed by atoms with E-state index in [1.165, 1.54) is 36.2 Å². The Morgan fingerprint density at radius 2 is 2.10 bits per heavy atom. The summed E-state index contributed by atoms with van der Waals surface area (Å²) in [7, 11) is -3.81. The number of ether oxygens (including phenoxy) is 1. The molecule has 3 rings (SSSR count). The summed E-state index contributed by atoms with van der Waals surface area (Å²) in [6, 6.07) is 8.69. The van der Waals surface area contributed by atoms with Gasteiger partial charge in [0.15, 0.2) is 0 Å². The minimum atomic E-state index is -3.81. The second-order valence-corrected chi connectivity index (χ2v) is 8.53. The van der Waals surface area contributed by atoms with Crippen molar-refractivity contribution in [2.75, 3.05) is 13.2 Å². The van der Waals surface area contributed by atoms with E-state index in [1.54, 1.807) is 18.2 Å². The molecule has 0 radical (unpaired) electrons. The lowest BCUT2D eigenvalue weighted by atomic mass is 10.2. The van der Waals surface area contributed by atoms with Gasteiger partial charge in [0, 0.05) is 18.8 Å². The maximum atomic E-state index is 12.9. The van der Waals surface area contributed by atoms with Crippen molar-refractivity contribution in [3.05, 3.63) is 53.9 Å². The van der Waals surface area contributed by atoms with Gasteiger partial charge in [0.25, 0.3) is 0 Å². The van der Waals surface area contributed by atoms with Gasteiger partial charge < -0.3 is 9.64 Å². The van der Waals surface area contributed by atoms with Crippen molar-refractivity contribution in [2.24, 2.45) is 0 Å². The number of nitrogens with one attached hydrogen (secondary N) is 2. The third-order valence-corrected chi connectivity index (χ3v) is 5.57. The number of carbonyl (C=O) groups excluding carboxylic acids is 2. The molecule has 3 amide bonds. The summed E-state index contributed by atoms with van der Waals surface area (Å²) in [6.45, 7) is 1.34. The average Bonchev–Trinajstić information content (AvgIpc) is 3.03. The molecule has 1 aliphatic heterocycles. The Kier molecular flexibility index (Phi) is 6.63. The van der Waals surface area contributed by atoms with Crippen molar-refractivity contribution >= 4 is 22.0 Å². The van der Waals surface area contributed by atoms with Crippen molar-refractivity contribution in [3.8, 4) is 5.75 Å². The first-order valence-electron chi connectivity index (χ1n) is 9.12. The Hall–Kier alpha value is -3.05. The highest BCUT2D eigenvalue weighted by molar-refractivity contribution is 7.89. The van der Waals surface area contributed by atoms with Gasteiger partial charge in [0.05, 0.1) is 17.1 Å². The molecule has 160 valence electrons. The molecule has 1 unspecified atom stereocenters. The van der Waals surface area contributed by atoms with Gasteiger partial charge in [0.2, 0.25) is 15.9 Å². The quantitative estimate of drug-likeness (QED) is 0.573. The second-order valence-electron chi connectivity index (χ2n) is 6.76. The number of hydrogen-bond acceptors (Lipinski definition) is 6. The lowest BCUT2D eigenvalue weighted by Crippen LogP contribution is -2.28. The predicted molar refractivity (Wildman–Crippen MR) is 105 cm³/mol. The predicted octanol–water partition coefficient (Wildman–Crippen LogP) is 1.35. The first kappa shape index (κ1) is 21.7. The smallest absolute Gasteiger partial charge is 0.324 e. The molecule has 0 saturated carbocycles. The Bertz CT molecular complexity index is 1030. The molecule has 30 heavy (non-hydrogen) atoms. The number of rotatable bonds is 9. The van der Waals surface area contributed by atoms with Crippen LogP contribution in [0.5, 0.6) is 5.75 Å². The van der Waals surface area contributed by atoms with E-state index in [0.29, 0.717) is 11.3 Å². The number of aromatic nitrogens is 1. The van der Waals surface area contributed by atoms with E-state index >= 15 is 0 Å². The van der Waals surface area contributed by atoms with Crippen molar-refractivity contribution in [3.63, 3.8) is 0 Å². The van der Waals surface area contributed by atoms with Gasteiger partial charge in [0.1, 0.15) is 25.1 Å². The molecule has 2 aromatic rings. The van der Waals surface area contributed by atoms with E-state index in [2.05, 4.69) is 15.0 Å². The maximum Gasteiger partial charge on any atom is 0.324 e. The van der Waals surface area contributed by atoms with Crippen LogP contribution in [-0.4, -0.2) is 49.6 Å². The van der Waals surface area contributed by atoms with Crippen LogP contribution < -0.4 is 14.8 Å². The third kappa shape index (κ3) is 5.74. The Labute approximate surface area is 173 Å². The largest absolute Gasteiger partial charge is 0.491 e. The summed E-state index contributed by atoms with van der Waals surface area (Å²) in [5, 5.41) is 2.18. The van der Waals surface area contributed by atoms with Crippen molar-refractivity contribution in [2.45, 2.75) is 31.1 Å². The van der Waals surface area contributed by atoms with E-state index in [-0.39, 0.29) is 42.8 Å².